The maximum atomic E-state index is 4.38. The molecule has 1 aliphatic carbocycles. The fourth-order valence-corrected chi connectivity index (χ4v) is 1.79. The molecule has 1 aromatic heterocycles. The Bertz CT molecular complexity index is 352. The summed E-state index contributed by atoms with van der Waals surface area (Å²) in [5, 5.41) is 6.64. The lowest BCUT2D eigenvalue weighted by molar-refractivity contribution is 0.444. The zero-order valence-corrected chi connectivity index (χ0v) is 10.4. The molecule has 88 valence electrons. The molecular weight excluding hydrogens is 220 g/mol. The topological polar surface area (TPSA) is 49.8 Å². The quantitative estimate of drug-likeness (QED) is 0.688. The first-order valence-electron chi connectivity index (χ1n) is 5.75. The van der Waals surface area contributed by atoms with Crippen LogP contribution >= 0.6 is 12.6 Å². The molecule has 1 aliphatic rings. The van der Waals surface area contributed by atoms with E-state index in [0.29, 0.717) is 6.04 Å². The Morgan fingerprint density at radius 3 is 2.75 bits per heavy atom. The van der Waals surface area contributed by atoms with E-state index in [0.717, 1.165) is 29.8 Å². The minimum absolute atomic E-state index is 0.604. The molecule has 1 fully saturated rings. The zero-order valence-electron chi connectivity index (χ0n) is 9.53. The van der Waals surface area contributed by atoms with Gasteiger partial charge in [-0.25, -0.2) is 9.97 Å². The van der Waals surface area contributed by atoms with Gasteiger partial charge < -0.3 is 10.6 Å². The Labute approximate surface area is 102 Å². The summed E-state index contributed by atoms with van der Waals surface area (Å²) in [6, 6.07) is 2.57. The number of hydrogen-bond acceptors (Lipinski definition) is 5. The second-order valence-corrected chi connectivity index (χ2v) is 4.56. The third kappa shape index (κ3) is 3.01. The second kappa shape index (κ2) is 5.39. The first-order chi connectivity index (χ1) is 7.78. The number of nitrogens with zero attached hydrogens (tertiary/aromatic N) is 2. The van der Waals surface area contributed by atoms with Crippen molar-refractivity contribution in [1.82, 2.24) is 9.97 Å². The van der Waals surface area contributed by atoms with Crippen molar-refractivity contribution in [3.63, 3.8) is 0 Å². The molecule has 16 heavy (non-hydrogen) atoms. The van der Waals surface area contributed by atoms with Gasteiger partial charge in [0.1, 0.15) is 17.5 Å². The van der Waals surface area contributed by atoms with Gasteiger partial charge >= 0.3 is 0 Å². The van der Waals surface area contributed by atoms with Gasteiger partial charge in [0.2, 0.25) is 0 Å². The van der Waals surface area contributed by atoms with E-state index in [-0.39, 0.29) is 0 Å². The molecule has 0 unspecified atom stereocenters. The molecule has 2 rings (SSSR count). The maximum absolute atomic E-state index is 4.38. The molecule has 0 spiro atoms. The summed E-state index contributed by atoms with van der Waals surface area (Å²) in [5.74, 6) is 3.40. The lowest BCUT2D eigenvalue weighted by Gasteiger charge is -2.27. The molecule has 0 saturated heterocycles. The molecular formula is C11H18N4S. The van der Waals surface area contributed by atoms with Crippen molar-refractivity contribution < 1.29 is 0 Å². The van der Waals surface area contributed by atoms with Gasteiger partial charge in [0.15, 0.2) is 0 Å². The molecule has 0 aromatic carbocycles. The highest BCUT2D eigenvalue weighted by Crippen LogP contribution is 2.23. The van der Waals surface area contributed by atoms with Crippen molar-refractivity contribution in [2.45, 2.75) is 32.2 Å². The zero-order chi connectivity index (χ0) is 11.4. The summed E-state index contributed by atoms with van der Waals surface area (Å²) < 4.78 is 0. The number of aromatic nitrogens is 2. The van der Waals surface area contributed by atoms with Crippen molar-refractivity contribution in [2.24, 2.45) is 0 Å². The normalized spacial score (nSPS) is 15.6. The highest BCUT2D eigenvalue weighted by molar-refractivity contribution is 7.80. The summed E-state index contributed by atoms with van der Waals surface area (Å²) in [6.07, 6.45) is 3.83. The van der Waals surface area contributed by atoms with E-state index in [1.165, 1.54) is 19.3 Å². The van der Waals surface area contributed by atoms with Crippen LogP contribution in [0.25, 0.3) is 0 Å². The molecule has 0 amide bonds. The van der Waals surface area contributed by atoms with Crippen molar-refractivity contribution in [2.75, 3.05) is 22.9 Å². The van der Waals surface area contributed by atoms with Crippen LogP contribution in [-0.4, -0.2) is 28.3 Å². The highest BCUT2D eigenvalue weighted by Gasteiger charge is 2.17. The average molecular weight is 238 g/mol. The van der Waals surface area contributed by atoms with Crippen LogP contribution in [0.1, 0.15) is 25.1 Å². The second-order valence-electron chi connectivity index (χ2n) is 4.11. The van der Waals surface area contributed by atoms with Crippen LogP contribution in [0.5, 0.6) is 0 Å². The molecule has 0 bridgehead atoms. The monoisotopic (exact) mass is 238 g/mol. The number of thiol groups is 1. The van der Waals surface area contributed by atoms with E-state index in [9.17, 15) is 0 Å². The van der Waals surface area contributed by atoms with Crippen molar-refractivity contribution in [3.05, 3.63) is 11.9 Å². The van der Waals surface area contributed by atoms with Crippen LogP contribution in [0, 0.1) is 6.92 Å². The van der Waals surface area contributed by atoms with Gasteiger partial charge in [0, 0.05) is 24.4 Å². The third-order valence-corrected chi connectivity index (χ3v) is 2.94. The summed E-state index contributed by atoms with van der Waals surface area (Å²) in [6.45, 7) is 2.74. The van der Waals surface area contributed by atoms with Crippen molar-refractivity contribution in [3.8, 4) is 0 Å². The van der Waals surface area contributed by atoms with Gasteiger partial charge in [-0.05, 0) is 26.2 Å². The lowest BCUT2D eigenvalue weighted by Crippen LogP contribution is -2.27. The summed E-state index contributed by atoms with van der Waals surface area (Å²) in [5.41, 5.74) is 0. The predicted octanol–water partition coefficient (Wildman–Crippen LogP) is 2.09. The van der Waals surface area contributed by atoms with Crippen LogP contribution in [-0.2, 0) is 0 Å². The van der Waals surface area contributed by atoms with Crippen LogP contribution in [0.4, 0.5) is 11.6 Å². The summed E-state index contributed by atoms with van der Waals surface area (Å²) in [7, 11) is 0. The molecule has 1 aromatic rings. The van der Waals surface area contributed by atoms with Gasteiger partial charge in [0.25, 0.3) is 0 Å². The summed E-state index contributed by atoms with van der Waals surface area (Å²) >= 11 is 4.16. The van der Waals surface area contributed by atoms with Crippen molar-refractivity contribution in [1.29, 1.82) is 0 Å². The van der Waals surface area contributed by atoms with E-state index in [4.69, 9.17) is 0 Å². The standard InChI is InChI=1S/C11H18N4S/c1-8-13-10(12-5-6-16)7-11(14-8)15-9-3-2-4-9/h7,9,16H,2-6H2,1H3,(H2,12,13,14,15). The molecule has 1 saturated carbocycles. The Hall–Kier alpha value is -0.970. The van der Waals surface area contributed by atoms with Gasteiger partial charge in [-0.2, -0.15) is 12.6 Å². The van der Waals surface area contributed by atoms with Gasteiger partial charge in [-0.15, -0.1) is 0 Å². The number of nitrogens with one attached hydrogen (secondary N) is 2. The molecule has 4 nitrogen and oxygen atoms in total. The van der Waals surface area contributed by atoms with Crippen molar-refractivity contribution >= 4 is 24.3 Å². The number of hydrogen-bond donors (Lipinski definition) is 3. The molecule has 0 atom stereocenters. The Kier molecular flexibility index (Phi) is 3.88. The fourth-order valence-electron chi connectivity index (χ4n) is 1.68. The van der Waals surface area contributed by atoms with Crippen LogP contribution in [0.15, 0.2) is 6.07 Å². The van der Waals surface area contributed by atoms with E-state index in [2.05, 4.69) is 33.2 Å². The lowest BCUT2D eigenvalue weighted by atomic mass is 9.93. The summed E-state index contributed by atoms with van der Waals surface area (Å²) in [4.78, 5) is 8.71. The maximum Gasteiger partial charge on any atom is 0.132 e. The molecule has 2 N–H and O–H groups in total. The van der Waals surface area contributed by atoms with Gasteiger partial charge in [-0.1, -0.05) is 0 Å². The number of anilines is 2. The Balaban J connectivity index is 2.02. The van der Waals surface area contributed by atoms with E-state index in [1.807, 2.05) is 13.0 Å². The average Bonchev–Trinajstić information content (AvgIpc) is 2.20. The van der Waals surface area contributed by atoms with E-state index in [1.54, 1.807) is 0 Å². The smallest absolute Gasteiger partial charge is 0.132 e. The van der Waals surface area contributed by atoms with E-state index >= 15 is 0 Å². The SMILES string of the molecule is Cc1nc(NCCS)cc(NC2CCC2)n1. The van der Waals surface area contributed by atoms with Crippen LogP contribution < -0.4 is 10.6 Å². The minimum Gasteiger partial charge on any atom is -0.369 e. The molecule has 1 heterocycles. The highest BCUT2D eigenvalue weighted by atomic mass is 32.1. The minimum atomic E-state index is 0.604. The molecule has 5 heteroatoms. The fraction of sp³-hybridized carbons (Fsp3) is 0.636. The number of aryl methyl sites for hydroxylation is 1. The molecule has 0 aliphatic heterocycles. The molecule has 0 radical (unpaired) electrons. The largest absolute Gasteiger partial charge is 0.369 e. The van der Waals surface area contributed by atoms with Crippen LogP contribution in [0.3, 0.4) is 0 Å². The number of rotatable bonds is 5. The van der Waals surface area contributed by atoms with Gasteiger partial charge in [0.05, 0.1) is 0 Å². The predicted molar refractivity (Wildman–Crippen MR) is 70.4 cm³/mol. The first kappa shape index (κ1) is 11.5. The third-order valence-electron chi connectivity index (χ3n) is 2.71. The van der Waals surface area contributed by atoms with Gasteiger partial charge in [-0.3, -0.25) is 0 Å². The Morgan fingerprint density at radius 2 is 2.12 bits per heavy atom. The van der Waals surface area contributed by atoms with Crippen LogP contribution in [0.2, 0.25) is 0 Å². The Morgan fingerprint density at radius 1 is 1.38 bits per heavy atom. The van der Waals surface area contributed by atoms with E-state index < -0.39 is 0 Å². The first-order valence-corrected chi connectivity index (χ1v) is 6.38.